The van der Waals surface area contributed by atoms with Gasteiger partial charge in [0.2, 0.25) is 5.91 Å². The lowest BCUT2D eigenvalue weighted by molar-refractivity contribution is -0.120. The van der Waals surface area contributed by atoms with Crippen molar-refractivity contribution in [1.29, 1.82) is 5.26 Å². The predicted molar refractivity (Wildman–Crippen MR) is 78.9 cm³/mol. The Morgan fingerprint density at radius 1 is 1.57 bits per heavy atom. The molecule has 1 aromatic heterocycles. The van der Waals surface area contributed by atoms with Gasteiger partial charge >= 0.3 is 5.97 Å². The fraction of sp³-hybridized carbons (Fsp3) is 0.429. The summed E-state index contributed by atoms with van der Waals surface area (Å²) < 4.78 is 0. The normalized spacial score (nSPS) is 13.3. The van der Waals surface area contributed by atoms with Gasteiger partial charge in [-0.15, -0.1) is 0 Å². The number of carbonyl (C=O) groups excluding carboxylic acids is 1. The van der Waals surface area contributed by atoms with Gasteiger partial charge in [-0.3, -0.25) is 4.79 Å². The highest BCUT2D eigenvalue weighted by Gasteiger charge is 2.29. The van der Waals surface area contributed by atoms with Crippen LogP contribution in [0.1, 0.15) is 31.1 Å². The van der Waals surface area contributed by atoms with Crippen LogP contribution in [0.25, 0.3) is 0 Å². The van der Waals surface area contributed by atoms with Gasteiger partial charge in [-0.05, 0) is 25.0 Å². The van der Waals surface area contributed by atoms with Crippen LogP contribution in [-0.2, 0) is 4.79 Å². The topological polar surface area (TPSA) is 103 Å². The van der Waals surface area contributed by atoms with E-state index in [2.05, 4.69) is 16.4 Å². The molecule has 1 amide bonds. The Bertz CT molecular complexity index is 583. The Hall–Kier alpha value is -2.07. The molecule has 0 aromatic carbocycles. The van der Waals surface area contributed by atoms with E-state index in [1.807, 2.05) is 13.8 Å². The highest BCUT2D eigenvalue weighted by molar-refractivity contribution is 7.99. The lowest BCUT2D eigenvalue weighted by atomic mass is 9.90. The summed E-state index contributed by atoms with van der Waals surface area (Å²) in [6.07, 6.45) is 1.39. The maximum Gasteiger partial charge on any atom is 0.335 e. The number of carboxylic acid groups (broad SMARTS) is 1. The Morgan fingerprint density at radius 2 is 2.24 bits per heavy atom. The molecule has 2 N–H and O–H groups in total. The number of pyridine rings is 1. The number of hydrogen-bond acceptors (Lipinski definition) is 5. The van der Waals surface area contributed by atoms with Crippen molar-refractivity contribution in [3.8, 4) is 6.07 Å². The SMILES string of the molecule is CC(C)C(C)(C#N)NC(=O)CSc1cc(C(=O)O)ccn1. The molecule has 0 saturated heterocycles. The highest BCUT2D eigenvalue weighted by atomic mass is 32.2. The second-order valence-electron chi connectivity index (χ2n) is 4.99. The van der Waals surface area contributed by atoms with Crippen LogP contribution in [0.3, 0.4) is 0 Å². The van der Waals surface area contributed by atoms with E-state index in [-0.39, 0.29) is 23.1 Å². The molecule has 6 nitrogen and oxygen atoms in total. The summed E-state index contributed by atoms with van der Waals surface area (Å²) in [5.74, 6) is -1.29. The van der Waals surface area contributed by atoms with E-state index in [9.17, 15) is 9.59 Å². The number of nitrogens with one attached hydrogen (secondary N) is 1. The number of aromatic carboxylic acids is 1. The Balaban J connectivity index is 2.64. The second kappa shape index (κ2) is 7.09. The van der Waals surface area contributed by atoms with Crippen LogP contribution in [0.2, 0.25) is 0 Å². The fourth-order valence-corrected chi connectivity index (χ4v) is 2.08. The maximum atomic E-state index is 11.9. The summed E-state index contributed by atoms with van der Waals surface area (Å²) >= 11 is 1.13. The van der Waals surface area contributed by atoms with Crippen molar-refractivity contribution in [2.75, 3.05) is 5.75 Å². The third-order valence-corrected chi connectivity index (χ3v) is 4.04. The van der Waals surface area contributed by atoms with Gasteiger partial charge in [0.25, 0.3) is 0 Å². The maximum absolute atomic E-state index is 11.9. The van der Waals surface area contributed by atoms with Crippen molar-refractivity contribution in [3.05, 3.63) is 23.9 Å². The van der Waals surface area contributed by atoms with Crippen LogP contribution in [0.15, 0.2) is 23.4 Å². The number of nitriles is 1. The minimum atomic E-state index is -1.04. The van der Waals surface area contributed by atoms with Gasteiger partial charge in [0.1, 0.15) is 5.54 Å². The van der Waals surface area contributed by atoms with Gasteiger partial charge < -0.3 is 10.4 Å². The highest BCUT2D eigenvalue weighted by Crippen LogP contribution is 2.18. The van der Waals surface area contributed by atoms with E-state index in [1.54, 1.807) is 6.92 Å². The number of nitrogens with zero attached hydrogens (tertiary/aromatic N) is 2. The first-order chi connectivity index (χ1) is 9.78. The van der Waals surface area contributed by atoms with Crippen LogP contribution in [-0.4, -0.2) is 33.3 Å². The van der Waals surface area contributed by atoms with E-state index in [0.717, 1.165) is 11.8 Å². The molecule has 0 radical (unpaired) electrons. The van der Waals surface area contributed by atoms with E-state index in [0.29, 0.717) is 5.03 Å². The third kappa shape index (κ3) is 4.76. The monoisotopic (exact) mass is 307 g/mol. The van der Waals surface area contributed by atoms with Crippen LogP contribution in [0, 0.1) is 17.2 Å². The molecule has 1 unspecified atom stereocenters. The van der Waals surface area contributed by atoms with E-state index >= 15 is 0 Å². The van der Waals surface area contributed by atoms with Crippen molar-refractivity contribution in [2.45, 2.75) is 31.3 Å². The molecule has 1 atom stereocenters. The third-order valence-electron chi connectivity index (χ3n) is 3.12. The van der Waals surface area contributed by atoms with Crippen molar-refractivity contribution in [1.82, 2.24) is 10.3 Å². The van der Waals surface area contributed by atoms with Crippen molar-refractivity contribution >= 4 is 23.6 Å². The van der Waals surface area contributed by atoms with Gasteiger partial charge in [-0.1, -0.05) is 25.6 Å². The van der Waals surface area contributed by atoms with E-state index < -0.39 is 11.5 Å². The first kappa shape index (κ1) is 17.0. The number of thioether (sulfide) groups is 1. The van der Waals surface area contributed by atoms with Gasteiger partial charge in [0, 0.05) is 6.20 Å². The number of carboxylic acids is 1. The smallest absolute Gasteiger partial charge is 0.335 e. The summed E-state index contributed by atoms with van der Waals surface area (Å²) in [6.45, 7) is 5.38. The Labute approximate surface area is 127 Å². The summed E-state index contributed by atoms with van der Waals surface area (Å²) in [7, 11) is 0. The molecule has 21 heavy (non-hydrogen) atoms. The molecule has 1 aromatic rings. The standard InChI is InChI=1S/C14H17N3O3S/c1-9(2)14(3,8-15)17-11(18)7-21-12-6-10(13(19)20)4-5-16-12/h4-6,9H,7H2,1-3H3,(H,17,18)(H,19,20). The lowest BCUT2D eigenvalue weighted by Crippen LogP contribution is -2.49. The number of rotatable bonds is 6. The predicted octanol–water partition coefficient (Wildman–Crippen LogP) is 1.93. The molecule has 0 fully saturated rings. The number of hydrogen-bond donors (Lipinski definition) is 2. The van der Waals surface area contributed by atoms with Crippen molar-refractivity contribution < 1.29 is 14.7 Å². The zero-order chi connectivity index (χ0) is 16.0. The molecule has 112 valence electrons. The number of carbonyl (C=O) groups is 2. The minimum absolute atomic E-state index is 0.0232. The largest absolute Gasteiger partial charge is 0.478 e. The van der Waals surface area contributed by atoms with Crippen LogP contribution in [0.4, 0.5) is 0 Å². The van der Waals surface area contributed by atoms with E-state index in [4.69, 9.17) is 10.4 Å². The summed E-state index contributed by atoms with van der Waals surface area (Å²) in [4.78, 5) is 26.7. The molecule has 0 spiro atoms. The van der Waals surface area contributed by atoms with Gasteiger partial charge in [-0.2, -0.15) is 5.26 Å². The van der Waals surface area contributed by atoms with Gasteiger partial charge in [-0.25, -0.2) is 9.78 Å². The molecule has 1 rings (SSSR count). The molecule has 0 aliphatic heterocycles. The quantitative estimate of drug-likeness (QED) is 0.778. The molecule has 1 heterocycles. The fourth-order valence-electron chi connectivity index (χ4n) is 1.39. The van der Waals surface area contributed by atoms with Gasteiger partial charge in [0.15, 0.2) is 0 Å². The van der Waals surface area contributed by atoms with Crippen molar-refractivity contribution in [3.63, 3.8) is 0 Å². The van der Waals surface area contributed by atoms with Crippen LogP contribution >= 0.6 is 11.8 Å². The zero-order valence-corrected chi connectivity index (χ0v) is 12.9. The summed E-state index contributed by atoms with van der Waals surface area (Å²) in [5, 5.41) is 21.2. The number of aromatic nitrogens is 1. The molecule has 7 heteroatoms. The first-order valence-corrected chi connectivity index (χ1v) is 7.31. The van der Waals surface area contributed by atoms with E-state index in [1.165, 1.54) is 18.3 Å². The van der Waals surface area contributed by atoms with Crippen LogP contribution in [0.5, 0.6) is 0 Å². The average Bonchev–Trinajstić information content (AvgIpc) is 2.45. The molecular formula is C14H17N3O3S. The van der Waals surface area contributed by atoms with Gasteiger partial charge in [0.05, 0.1) is 22.4 Å². The molecule has 0 bridgehead atoms. The molecular weight excluding hydrogens is 290 g/mol. The second-order valence-corrected chi connectivity index (χ2v) is 5.99. The zero-order valence-electron chi connectivity index (χ0n) is 12.1. The molecule has 0 aliphatic carbocycles. The summed E-state index contributed by atoms with van der Waals surface area (Å²) in [6, 6.07) is 4.89. The molecule has 0 saturated carbocycles. The minimum Gasteiger partial charge on any atom is -0.478 e. The average molecular weight is 307 g/mol. The van der Waals surface area contributed by atoms with Crippen LogP contribution < -0.4 is 5.32 Å². The number of amides is 1. The Kier molecular flexibility index (Phi) is 5.73. The Morgan fingerprint density at radius 3 is 2.76 bits per heavy atom. The lowest BCUT2D eigenvalue weighted by Gasteiger charge is -2.27. The molecule has 0 aliphatic rings. The summed E-state index contributed by atoms with van der Waals surface area (Å²) in [5.41, 5.74) is -0.800. The van der Waals surface area contributed by atoms with Crippen molar-refractivity contribution in [2.24, 2.45) is 5.92 Å². The first-order valence-electron chi connectivity index (χ1n) is 6.33.